The first kappa shape index (κ1) is 12.9. The minimum atomic E-state index is -0.683. The van der Waals surface area contributed by atoms with Crippen molar-refractivity contribution in [1.29, 1.82) is 0 Å². The van der Waals surface area contributed by atoms with E-state index in [1.165, 1.54) is 0 Å². The number of methoxy groups -OCH3 is 2. The number of aliphatic hydroxyl groups is 1. The highest BCUT2D eigenvalue weighted by Gasteiger charge is 2.19. The van der Waals surface area contributed by atoms with Crippen molar-refractivity contribution in [2.75, 3.05) is 27.4 Å². The van der Waals surface area contributed by atoms with E-state index in [-0.39, 0.29) is 18.8 Å². The fraction of sp³-hybridized carbons (Fsp3) is 1.00. The van der Waals surface area contributed by atoms with Crippen LogP contribution in [-0.4, -0.2) is 58.6 Å². The van der Waals surface area contributed by atoms with Crippen molar-refractivity contribution in [1.82, 2.24) is 0 Å². The van der Waals surface area contributed by atoms with Gasteiger partial charge in [0.05, 0.1) is 19.3 Å². The zero-order valence-corrected chi connectivity index (χ0v) is 8.40. The molecule has 0 bridgehead atoms. The molecule has 2 radical (unpaired) electrons. The van der Waals surface area contributed by atoms with E-state index in [4.69, 9.17) is 27.2 Å². The van der Waals surface area contributed by atoms with Crippen LogP contribution < -0.4 is 0 Å². The lowest BCUT2D eigenvalue weighted by atomic mass is 10.0. The normalized spacial score (nSPS) is 18.2. The molecule has 0 aromatic heterocycles. The van der Waals surface area contributed by atoms with E-state index in [0.29, 0.717) is 6.61 Å². The van der Waals surface area contributed by atoms with Crippen LogP contribution in [0.1, 0.15) is 6.92 Å². The minimum absolute atomic E-state index is 0.113. The summed E-state index contributed by atoms with van der Waals surface area (Å²) in [6.45, 7) is 2.03. The summed E-state index contributed by atoms with van der Waals surface area (Å²) < 4.78 is 15.3. The molecule has 0 saturated carbocycles. The Balaban J connectivity index is 3.92. The number of aliphatic hydroxyl groups excluding tert-OH is 1. The monoisotopic (exact) mass is 188 g/mol. The van der Waals surface area contributed by atoms with Crippen molar-refractivity contribution in [3.05, 3.63) is 0 Å². The third-order valence-electron chi connectivity index (χ3n) is 1.76. The summed E-state index contributed by atoms with van der Waals surface area (Å²) in [6.07, 6.45) is -0.366. The van der Waals surface area contributed by atoms with Gasteiger partial charge in [-0.05, 0) is 6.92 Å². The van der Waals surface area contributed by atoms with Crippen LogP contribution in [0, 0.1) is 0 Å². The molecule has 0 aromatic rings. The predicted octanol–water partition coefficient (Wildman–Crippen LogP) is -0.460. The smallest absolute Gasteiger partial charge is 0.112 e. The topological polar surface area (TPSA) is 47.9 Å². The molecular formula is C8H17BO4. The molecule has 0 aliphatic rings. The van der Waals surface area contributed by atoms with Gasteiger partial charge in [0.2, 0.25) is 0 Å². The van der Waals surface area contributed by atoms with Gasteiger partial charge in [0.1, 0.15) is 14.0 Å². The average molecular weight is 188 g/mol. The number of hydrogen-bond donors (Lipinski definition) is 1. The van der Waals surface area contributed by atoms with Gasteiger partial charge in [-0.1, -0.05) is 0 Å². The molecule has 13 heavy (non-hydrogen) atoms. The second-order valence-electron chi connectivity index (χ2n) is 2.79. The van der Waals surface area contributed by atoms with Crippen LogP contribution in [0.3, 0.4) is 0 Å². The molecule has 0 aliphatic carbocycles. The van der Waals surface area contributed by atoms with Gasteiger partial charge in [-0.2, -0.15) is 0 Å². The lowest BCUT2D eigenvalue weighted by Gasteiger charge is -2.25. The van der Waals surface area contributed by atoms with E-state index >= 15 is 0 Å². The van der Waals surface area contributed by atoms with Crippen LogP contribution in [-0.2, 0) is 14.2 Å². The van der Waals surface area contributed by atoms with Gasteiger partial charge in [-0.3, -0.25) is 0 Å². The molecule has 0 saturated heterocycles. The molecule has 0 spiro atoms. The van der Waals surface area contributed by atoms with Gasteiger partial charge in [-0.25, -0.2) is 0 Å². The molecule has 4 nitrogen and oxygen atoms in total. The Kier molecular flexibility index (Phi) is 7.27. The van der Waals surface area contributed by atoms with Crippen LogP contribution in [0.15, 0.2) is 0 Å². The first-order valence-corrected chi connectivity index (χ1v) is 4.19. The molecule has 1 unspecified atom stereocenters. The fourth-order valence-electron chi connectivity index (χ4n) is 0.869. The SMILES string of the molecule is [B][C@@H](CO)O[C@@H](COC)C(C)OC. The van der Waals surface area contributed by atoms with Crippen LogP contribution in [0.25, 0.3) is 0 Å². The molecular weight excluding hydrogens is 171 g/mol. The lowest BCUT2D eigenvalue weighted by Crippen LogP contribution is -2.37. The van der Waals surface area contributed by atoms with Gasteiger partial charge in [0, 0.05) is 20.2 Å². The quantitative estimate of drug-likeness (QED) is 0.549. The van der Waals surface area contributed by atoms with E-state index in [1.54, 1.807) is 14.2 Å². The maximum Gasteiger partial charge on any atom is 0.112 e. The predicted molar refractivity (Wildman–Crippen MR) is 49.8 cm³/mol. The fourth-order valence-corrected chi connectivity index (χ4v) is 0.869. The molecule has 3 atom stereocenters. The van der Waals surface area contributed by atoms with Crippen LogP contribution in [0.2, 0.25) is 0 Å². The van der Waals surface area contributed by atoms with Crippen LogP contribution in [0.5, 0.6) is 0 Å². The Hall–Kier alpha value is -0.0951. The van der Waals surface area contributed by atoms with E-state index in [2.05, 4.69) is 0 Å². The lowest BCUT2D eigenvalue weighted by molar-refractivity contribution is -0.0971. The molecule has 0 aromatic carbocycles. The van der Waals surface area contributed by atoms with E-state index in [1.807, 2.05) is 6.92 Å². The third kappa shape index (κ3) is 5.26. The second-order valence-corrected chi connectivity index (χ2v) is 2.79. The molecule has 0 fully saturated rings. The standard InChI is InChI=1S/C8H17BO4/c1-6(12-3)7(5-11-2)13-8(9)4-10/h6-8,10H,4-5H2,1-3H3/t6?,7-,8+/m0/s1. The Morgan fingerprint density at radius 2 is 2.00 bits per heavy atom. The Labute approximate surface area is 80.6 Å². The molecule has 0 amide bonds. The van der Waals surface area contributed by atoms with Gasteiger partial charge in [0.25, 0.3) is 0 Å². The highest BCUT2D eigenvalue weighted by atomic mass is 16.6. The Morgan fingerprint density at radius 1 is 1.38 bits per heavy atom. The summed E-state index contributed by atoms with van der Waals surface area (Å²) >= 11 is 0. The largest absolute Gasteiger partial charge is 0.395 e. The van der Waals surface area contributed by atoms with Crippen molar-refractivity contribution in [3.63, 3.8) is 0 Å². The molecule has 0 rings (SSSR count). The van der Waals surface area contributed by atoms with Gasteiger partial charge < -0.3 is 19.3 Å². The molecule has 76 valence electrons. The van der Waals surface area contributed by atoms with Crippen molar-refractivity contribution in [2.24, 2.45) is 0 Å². The highest BCUT2D eigenvalue weighted by molar-refractivity contribution is 6.11. The Morgan fingerprint density at radius 3 is 2.38 bits per heavy atom. The van der Waals surface area contributed by atoms with Crippen molar-refractivity contribution in [3.8, 4) is 0 Å². The molecule has 1 N–H and O–H groups in total. The van der Waals surface area contributed by atoms with Crippen molar-refractivity contribution < 1.29 is 19.3 Å². The summed E-state index contributed by atoms with van der Waals surface area (Å²) in [5.41, 5.74) is 0. The highest BCUT2D eigenvalue weighted by Crippen LogP contribution is 2.05. The Bertz CT molecular complexity index is 123. The molecule has 5 heteroatoms. The summed E-state index contributed by atoms with van der Waals surface area (Å²) in [5.74, 6) is 0. The van der Waals surface area contributed by atoms with Crippen molar-refractivity contribution >= 4 is 7.85 Å². The zero-order valence-electron chi connectivity index (χ0n) is 8.40. The summed E-state index contributed by atoms with van der Waals surface area (Å²) in [4.78, 5) is 0. The van der Waals surface area contributed by atoms with Crippen molar-refractivity contribution in [2.45, 2.75) is 25.1 Å². The first-order chi connectivity index (χ1) is 6.15. The van der Waals surface area contributed by atoms with Gasteiger partial charge in [0.15, 0.2) is 0 Å². The number of rotatable bonds is 7. The summed E-state index contributed by atoms with van der Waals surface area (Å²) in [5, 5.41) is 8.67. The zero-order chi connectivity index (χ0) is 10.3. The molecule has 0 aliphatic heterocycles. The minimum Gasteiger partial charge on any atom is -0.395 e. The van der Waals surface area contributed by atoms with E-state index < -0.39 is 6.00 Å². The first-order valence-electron chi connectivity index (χ1n) is 4.19. The van der Waals surface area contributed by atoms with Gasteiger partial charge >= 0.3 is 0 Å². The summed E-state index contributed by atoms with van der Waals surface area (Å²) in [7, 11) is 8.57. The van der Waals surface area contributed by atoms with E-state index in [9.17, 15) is 0 Å². The maximum absolute atomic E-state index is 8.67. The second kappa shape index (κ2) is 7.32. The third-order valence-corrected chi connectivity index (χ3v) is 1.76. The maximum atomic E-state index is 8.67. The van der Waals surface area contributed by atoms with E-state index in [0.717, 1.165) is 0 Å². The summed E-state index contributed by atoms with van der Waals surface area (Å²) in [6, 6.07) is -0.683. The molecule has 0 heterocycles. The number of hydrogen-bond acceptors (Lipinski definition) is 4. The van der Waals surface area contributed by atoms with Crippen LogP contribution in [0.4, 0.5) is 0 Å². The van der Waals surface area contributed by atoms with Gasteiger partial charge in [-0.15, -0.1) is 0 Å². The number of ether oxygens (including phenoxy) is 3. The van der Waals surface area contributed by atoms with Crippen LogP contribution >= 0.6 is 0 Å². The average Bonchev–Trinajstić information content (AvgIpc) is 2.15.